The Balaban J connectivity index is 0.000000126. The number of nitriles is 4. The van der Waals surface area contributed by atoms with Crippen LogP contribution in [0, 0.1) is 45.3 Å². The highest BCUT2D eigenvalue weighted by atomic mass is 19.4. The molecule has 0 bridgehead atoms. The number of tetrazole rings is 3. The number of hydrogen-bond acceptors (Lipinski definition) is 35. The summed E-state index contributed by atoms with van der Waals surface area (Å²) in [5, 5.41) is 99.5. The molecule has 0 spiro atoms. The van der Waals surface area contributed by atoms with Gasteiger partial charge >= 0.3 is 6.18 Å². The number of nitrogens with one attached hydrogen (secondary N) is 4. The van der Waals surface area contributed by atoms with Crippen molar-refractivity contribution in [3.8, 4) is 109 Å². The van der Waals surface area contributed by atoms with Gasteiger partial charge in [0.2, 0.25) is 29.6 Å². The number of alkyl halides is 3. The highest BCUT2D eigenvalue weighted by Gasteiger charge is 2.36. The number of benzene rings is 8. The van der Waals surface area contributed by atoms with E-state index in [4.69, 9.17) is 14.2 Å². The average Bonchev–Trinajstić information content (AvgIpc) is 1.16. The maximum absolute atomic E-state index is 12.8. The van der Waals surface area contributed by atoms with Crippen molar-refractivity contribution in [1.82, 2.24) is 115 Å². The number of piperidine rings is 1. The van der Waals surface area contributed by atoms with Crippen molar-refractivity contribution in [2.24, 2.45) is 21.1 Å². The lowest BCUT2D eigenvalue weighted by molar-refractivity contribution is -0.144. The Labute approximate surface area is 775 Å². The summed E-state index contributed by atoms with van der Waals surface area (Å²) in [6.07, 6.45) is 4.29. The Morgan fingerprint density at radius 2 is 0.750 bits per heavy atom. The predicted octanol–water partition coefficient (Wildman–Crippen LogP) is 12.7. The van der Waals surface area contributed by atoms with Gasteiger partial charge in [0.25, 0.3) is 5.82 Å². The first-order chi connectivity index (χ1) is 66.4. The van der Waals surface area contributed by atoms with Crippen molar-refractivity contribution < 1.29 is 32.5 Å². The minimum Gasteiger partial charge on any atom is -0.393 e. The van der Waals surface area contributed by atoms with Crippen molar-refractivity contribution in [1.29, 1.82) is 21.0 Å². The van der Waals surface area contributed by atoms with E-state index in [9.17, 15) is 39.3 Å². The molecule has 20 rings (SSSR count). The normalized spacial score (nSPS) is 13.8. The number of halogens is 3. The molecule has 8 aromatic carbocycles. The van der Waals surface area contributed by atoms with Crippen LogP contribution in [0.3, 0.4) is 0 Å². The SMILES string of the molecule is Cn1nnc(-c2ccc(Nc3nccc(-c4cc(C#N)cc(N5CCOCC5)c4)n3)cc2)n1.Cn1nnnc1-c1ccc(Nc2nccc(-c3cc(C#N)cc(N4CCOCC4)c3)n2)cc1.Cn1nnnc1-c1ccc(Nc2nccc(-c3ccc(N4CCC(O)CC4)c(C#N)c3)n2)cc1.N#Cc1cc(-c2ccnc(Nc3ccc(-n4cnc(C(F)(F)F)n4)cc3)n2)cc(N2CCOCC2)c1. The van der Waals surface area contributed by atoms with Gasteiger partial charge in [-0.2, -0.15) is 39.0 Å². The zero-order chi connectivity index (χ0) is 93.9. The first-order valence-corrected chi connectivity index (χ1v) is 43.0. The van der Waals surface area contributed by atoms with Gasteiger partial charge < -0.3 is 60.2 Å². The van der Waals surface area contributed by atoms with Gasteiger partial charge in [-0.1, -0.05) is 6.07 Å². The van der Waals surface area contributed by atoms with Crippen LogP contribution < -0.4 is 40.9 Å². The number of aliphatic hydroxyl groups excluding tert-OH is 1. The Morgan fingerprint density at radius 3 is 1.10 bits per heavy atom. The molecule has 0 radical (unpaired) electrons. The predicted molar refractivity (Wildman–Crippen MR) is 497 cm³/mol. The molecule has 0 atom stereocenters. The van der Waals surface area contributed by atoms with E-state index in [1.807, 2.05) is 146 Å². The number of rotatable bonds is 20. The van der Waals surface area contributed by atoms with Crippen molar-refractivity contribution in [2.45, 2.75) is 25.1 Å². The molecule has 4 fully saturated rings. The lowest BCUT2D eigenvalue weighted by atomic mass is 10.0. The van der Waals surface area contributed by atoms with Crippen molar-refractivity contribution in [2.75, 3.05) is 133 Å². The van der Waals surface area contributed by atoms with Gasteiger partial charge in [-0.3, -0.25) is 0 Å². The number of hydrogen-bond donors (Lipinski definition) is 5. The molecule has 4 aliphatic heterocycles. The van der Waals surface area contributed by atoms with Gasteiger partial charge in [0.05, 0.1) is 127 Å². The maximum Gasteiger partial charge on any atom is 0.453 e. The molecule has 0 saturated carbocycles. The number of anilines is 12. The van der Waals surface area contributed by atoms with E-state index in [2.05, 4.69) is 174 Å². The van der Waals surface area contributed by atoms with Crippen LogP contribution >= 0.6 is 0 Å². The fourth-order valence-electron chi connectivity index (χ4n) is 15.2. The van der Waals surface area contributed by atoms with Crippen molar-refractivity contribution >= 4 is 69.3 Å². The second kappa shape index (κ2) is 42.1. The van der Waals surface area contributed by atoms with Gasteiger partial charge in [-0.25, -0.2) is 58.9 Å². The van der Waals surface area contributed by atoms with Crippen LogP contribution in [0.4, 0.5) is 82.5 Å². The van der Waals surface area contributed by atoms with E-state index in [1.165, 1.54) is 4.80 Å². The molecule has 39 nitrogen and oxygen atoms in total. The number of aromatic nitrogens is 23. The van der Waals surface area contributed by atoms with E-state index in [0.29, 0.717) is 133 Å². The Morgan fingerprint density at radius 1 is 0.375 bits per heavy atom. The maximum atomic E-state index is 12.8. The molecule has 8 aromatic heterocycles. The fourth-order valence-corrected chi connectivity index (χ4v) is 15.2. The van der Waals surface area contributed by atoms with Crippen LogP contribution in [0.15, 0.2) is 225 Å². The second-order valence-electron chi connectivity index (χ2n) is 31.2. The monoisotopic (exact) mass is 1820 g/mol. The minimum atomic E-state index is -4.61. The van der Waals surface area contributed by atoms with E-state index < -0.39 is 12.0 Å². The number of nitrogens with zero attached hydrogens (tertiary/aromatic N) is 31. The first-order valence-electron chi connectivity index (χ1n) is 43.0. The summed E-state index contributed by atoms with van der Waals surface area (Å²) in [6.45, 7) is 10.1. The van der Waals surface area contributed by atoms with Crippen LogP contribution in [0.25, 0.3) is 84.9 Å². The molecule has 5 N–H and O–H groups in total. The topological polar surface area (TPSA) is 469 Å². The number of aliphatic hydroxyl groups is 1. The zero-order valence-corrected chi connectivity index (χ0v) is 73.4. The number of morpholine rings is 3. The first kappa shape index (κ1) is 90.4. The fraction of sp³-hybridized carbons (Fsp3) is 0.223. The van der Waals surface area contributed by atoms with E-state index in [1.54, 1.807) is 91.7 Å². The van der Waals surface area contributed by atoms with Crippen LogP contribution in [0.5, 0.6) is 0 Å². The summed E-state index contributed by atoms with van der Waals surface area (Å²) in [7, 11) is 5.32. The summed E-state index contributed by atoms with van der Waals surface area (Å²) >= 11 is 0. The summed E-state index contributed by atoms with van der Waals surface area (Å²) in [5.74, 6) is 2.45. The van der Waals surface area contributed by atoms with Gasteiger partial charge in [-0.15, -0.1) is 25.5 Å². The van der Waals surface area contributed by atoms with Crippen LogP contribution in [0.1, 0.15) is 40.9 Å². The standard InChI is InChI=1S/C24H19F3N8O.C24H23N9O.2C23H21N9O/c25-24(26,27)22-30-15-35(33-22)19-3-1-18(2-4-19)31-23-29-6-5-21(32-23)17-11-16(14-28)12-20(13-17)34-7-9-36-10-8-34;1-32-23(29-30-31-32)16-2-5-19(6-3-16)27-24-26-11-8-21(28-24)17-4-7-22(18(14-17)15-25)33-12-9-20(34)10-13-33;1-31-22(28-29-30-31)17-2-4-19(5-3-17)26-23-25-7-6-21(27-23)18-12-16(15-24)13-20(14-18)32-8-10-33-11-9-32;1-31-29-22(28-30-31)17-2-4-19(5-3-17)26-23-25-7-6-21(27-23)18-12-16(15-24)13-20(14-18)32-8-10-33-11-9-32/h1-6,11-13,15H,7-10H2,(H,29,31,32);2-8,11,14,20,34H,9-10,12-13H2,1H3,(H,26,27,28);2*2-7,12-14H,8-11H2,1H3,(H,25,26,27). The Kier molecular flexibility index (Phi) is 28.0. The molecule has 136 heavy (non-hydrogen) atoms. The smallest absolute Gasteiger partial charge is 0.393 e. The molecule has 42 heteroatoms. The number of ether oxygens (including phenoxy) is 3. The van der Waals surface area contributed by atoms with Crippen LogP contribution in [-0.4, -0.2) is 218 Å². The van der Waals surface area contributed by atoms with Crippen molar-refractivity contribution in [3.63, 3.8) is 0 Å². The van der Waals surface area contributed by atoms with Gasteiger partial charge in [0, 0.05) is 170 Å². The van der Waals surface area contributed by atoms with Crippen LogP contribution in [-0.2, 0) is 41.5 Å². The number of aryl methyl sites for hydroxylation is 3. The lowest BCUT2D eigenvalue weighted by Gasteiger charge is -2.32. The van der Waals surface area contributed by atoms with Gasteiger partial charge in [0.1, 0.15) is 12.4 Å². The summed E-state index contributed by atoms with van der Waals surface area (Å²) in [5.41, 5.74) is 18.5. The molecular formula is C94H84F3N35O4. The molecule has 4 saturated heterocycles. The molecule has 0 amide bonds. The lowest BCUT2D eigenvalue weighted by Crippen LogP contribution is -2.36. The third-order valence-electron chi connectivity index (χ3n) is 22.1. The summed E-state index contributed by atoms with van der Waals surface area (Å²) in [4.78, 5) is 49.4. The van der Waals surface area contributed by atoms with E-state index in [0.717, 1.165) is 159 Å². The van der Waals surface area contributed by atoms with E-state index in [-0.39, 0.29) is 6.10 Å². The average molecular weight is 1820 g/mol. The summed E-state index contributed by atoms with van der Waals surface area (Å²) < 4.78 is 58.9. The van der Waals surface area contributed by atoms with Gasteiger partial charge in [0.15, 0.2) is 11.6 Å². The highest BCUT2D eigenvalue weighted by molar-refractivity contribution is 5.76. The quantitative estimate of drug-likeness (QED) is 0.0473. The minimum absolute atomic E-state index is 0.256. The Hall–Kier alpha value is -17.6. The molecule has 4 aliphatic rings. The molecular weight excluding hydrogens is 1740 g/mol. The molecule has 0 unspecified atom stereocenters. The van der Waals surface area contributed by atoms with E-state index >= 15 is 0 Å². The van der Waals surface area contributed by atoms with Crippen LogP contribution in [0.2, 0.25) is 0 Å². The summed E-state index contributed by atoms with van der Waals surface area (Å²) in [6, 6.07) is 68.9. The Bertz CT molecular complexity index is 7030. The zero-order valence-electron chi connectivity index (χ0n) is 73.4. The highest BCUT2D eigenvalue weighted by Crippen LogP contribution is 2.36. The molecule has 680 valence electrons. The molecule has 16 aromatic rings. The molecule has 12 heterocycles. The third-order valence-corrected chi connectivity index (χ3v) is 22.1. The third kappa shape index (κ3) is 22.7. The van der Waals surface area contributed by atoms with Crippen molar-refractivity contribution in [3.05, 3.63) is 253 Å². The molecule has 0 aliphatic carbocycles. The second-order valence-corrected chi connectivity index (χ2v) is 31.2. The largest absolute Gasteiger partial charge is 0.453 e. The van der Waals surface area contributed by atoms with Gasteiger partial charge in [-0.05, 0) is 227 Å².